The molecule has 9 heteroatoms. The first-order chi connectivity index (χ1) is 14.8. The molecule has 0 heterocycles. The molecule has 0 saturated heterocycles. The van der Waals surface area contributed by atoms with Crippen LogP contribution in [0.2, 0.25) is 0 Å². The highest BCUT2D eigenvalue weighted by Crippen LogP contribution is 2.61. The Morgan fingerprint density at radius 3 is 2.09 bits per heavy atom. The Bertz CT molecular complexity index is 722. The van der Waals surface area contributed by atoms with Crippen LogP contribution in [0, 0.1) is 22.7 Å². The van der Waals surface area contributed by atoms with Crippen molar-refractivity contribution in [2.24, 2.45) is 22.7 Å². The van der Waals surface area contributed by atoms with E-state index in [4.69, 9.17) is 0 Å². The topological polar surface area (TPSA) is 57.5 Å². The van der Waals surface area contributed by atoms with Gasteiger partial charge in [-0.1, -0.05) is 26.3 Å². The lowest BCUT2D eigenvalue weighted by atomic mass is 9.56. The zero-order valence-electron chi connectivity index (χ0n) is 19.7. The third-order valence-corrected chi connectivity index (χ3v) is 8.05. The molecule has 2 aliphatic rings. The molecule has 0 aromatic heterocycles. The Balaban J connectivity index is 2.36. The number of aliphatic hydroxyl groups is 2. The fourth-order valence-corrected chi connectivity index (χ4v) is 6.27. The van der Waals surface area contributed by atoms with Gasteiger partial charge in [-0.05, 0) is 81.6 Å². The summed E-state index contributed by atoms with van der Waals surface area (Å²) in [5.41, 5.74) is -6.93. The van der Waals surface area contributed by atoms with E-state index in [9.17, 15) is 41.4 Å². The summed E-state index contributed by atoms with van der Waals surface area (Å²) in [5, 5.41) is 19.6. The number of Topliss-reactive ketones (excluding diaryl/α,β-unsaturated/α-hetero) is 1. The normalized spacial score (nSPS) is 29.4. The monoisotopic (exact) mass is 486 g/mol. The van der Waals surface area contributed by atoms with E-state index in [1.54, 1.807) is 13.8 Å². The molecule has 0 spiro atoms. The molecule has 2 aliphatic carbocycles. The van der Waals surface area contributed by atoms with Crippen molar-refractivity contribution < 1.29 is 41.4 Å². The SMILES string of the molecule is CC(C)(O)CCC[C@@](C)(C/C=C/C(O)(C(F)(F)F)C(F)(F)F)[C@H]1CC[C@H]2C(=O)CCC[C@]12C. The van der Waals surface area contributed by atoms with Crippen molar-refractivity contribution in [3.8, 4) is 0 Å². The fraction of sp³-hybridized carbons (Fsp3) is 0.875. The summed E-state index contributed by atoms with van der Waals surface area (Å²) in [4.78, 5) is 12.5. The van der Waals surface area contributed by atoms with Crippen LogP contribution in [-0.2, 0) is 4.79 Å². The lowest BCUT2D eigenvalue weighted by Gasteiger charge is -2.48. The van der Waals surface area contributed by atoms with E-state index >= 15 is 0 Å². The number of hydrogen-bond acceptors (Lipinski definition) is 3. The maximum absolute atomic E-state index is 13.1. The largest absolute Gasteiger partial charge is 0.429 e. The van der Waals surface area contributed by atoms with Gasteiger partial charge in [0.1, 0.15) is 5.78 Å². The molecule has 4 atom stereocenters. The summed E-state index contributed by atoms with van der Waals surface area (Å²) in [6.45, 7) is 7.15. The number of allylic oxidation sites excluding steroid dienone is 1. The van der Waals surface area contributed by atoms with E-state index in [0.717, 1.165) is 18.9 Å². The second kappa shape index (κ2) is 9.17. The molecule has 2 fully saturated rings. The van der Waals surface area contributed by atoms with Crippen LogP contribution in [0.3, 0.4) is 0 Å². The van der Waals surface area contributed by atoms with Gasteiger partial charge in [-0.25, -0.2) is 0 Å². The van der Waals surface area contributed by atoms with E-state index in [2.05, 4.69) is 0 Å². The summed E-state index contributed by atoms with van der Waals surface area (Å²) in [7, 11) is 0. The minimum absolute atomic E-state index is 0.0735. The van der Waals surface area contributed by atoms with Gasteiger partial charge in [0.15, 0.2) is 0 Å². The van der Waals surface area contributed by atoms with E-state index in [-0.39, 0.29) is 35.5 Å². The van der Waals surface area contributed by atoms with Crippen LogP contribution in [0.15, 0.2) is 12.2 Å². The Kier molecular flexibility index (Phi) is 7.82. The minimum atomic E-state index is -5.90. The molecular formula is C24H36F6O3. The van der Waals surface area contributed by atoms with E-state index in [1.807, 2.05) is 13.8 Å². The second-order valence-electron chi connectivity index (χ2n) is 11.2. The molecule has 2 rings (SSSR count). The maximum Gasteiger partial charge on any atom is 0.429 e. The van der Waals surface area contributed by atoms with Crippen LogP contribution in [0.4, 0.5) is 26.3 Å². The maximum atomic E-state index is 13.1. The molecule has 0 aliphatic heterocycles. The molecule has 0 amide bonds. The van der Waals surface area contributed by atoms with Crippen LogP contribution < -0.4 is 0 Å². The number of rotatable bonds is 8. The van der Waals surface area contributed by atoms with Crippen molar-refractivity contribution in [2.45, 2.75) is 109 Å². The van der Waals surface area contributed by atoms with Gasteiger partial charge in [-0.2, -0.15) is 26.3 Å². The van der Waals surface area contributed by atoms with Crippen molar-refractivity contribution in [3.63, 3.8) is 0 Å². The predicted molar refractivity (Wildman–Crippen MR) is 112 cm³/mol. The van der Waals surface area contributed by atoms with Crippen LogP contribution in [0.1, 0.15) is 85.5 Å². The standard InChI is InChI=1S/C24H36F6O3/c1-19(2,32)11-6-12-20(3,13-7-15-22(33,23(25,26)27)24(28,29)30)18-10-9-16-17(31)8-5-14-21(16,18)4/h7,15-16,18,32-33H,5-6,8-14H2,1-4H3/b15-7+/t16-,18+,20-,21-/m0/s1. The minimum Gasteiger partial charge on any atom is -0.390 e. The van der Waals surface area contributed by atoms with Gasteiger partial charge in [0.25, 0.3) is 5.60 Å². The van der Waals surface area contributed by atoms with Crippen molar-refractivity contribution >= 4 is 5.78 Å². The summed E-state index contributed by atoms with van der Waals surface area (Å²) >= 11 is 0. The molecule has 0 aromatic carbocycles. The molecule has 0 bridgehead atoms. The Labute approximate surface area is 191 Å². The Morgan fingerprint density at radius 1 is 1.00 bits per heavy atom. The lowest BCUT2D eigenvalue weighted by Crippen LogP contribution is -2.55. The van der Waals surface area contributed by atoms with Gasteiger partial charge in [-0.15, -0.1) is 0 Å². The molecule has 0 aromatic rings. The van der Waals surface area contributed by atoms with Gasteiger partial charge in [0.2, 0.25) is 0 Å². The van der Waals surface area contributed by atoms with E-state index in [1.165, 1.54) is 0 Å². The number of hydrogen-bond donors (Lipinski definition) is 2. The molecule has 2 saturated carbocycles. The van der Waals surface area contributed by atoms with E-state index in [0.29, 0.717) is 38.5 Å². The second-order valence-corrected chi connectivity index (χ2v) is 11.2. The summed E-state index contributed by atoms with van der Waals surface area (Å²) in [6, 6.07) is 0. The third-order valence-electron chi connectivity index (χ3n) is 8.05. The van der Waals surface area contributed by atoms with Crippen LogP contribution >= 0.6 is 0 Å². The van der Waals surface area contributed by atoms with Crippen molar-refractivity contribution in [1.82, 2.24) is 0 Å². The number of carbonyl (C=O) groups excluding carboxylic acids is 1. The van der Waals surface area contributed by atoms with Crippen LogP contribution in [0.5, 0.6) is 0 Å². The molecule has 192 valence electrons. The molecule has 3 nitrogen and oxygen atoms in total. The summed E-state index contributed by atoms with van der Waals surface area (Å²) in [5.74, 6) is -0.0316. The van der Waals surface area contributed by atoms with Gasteiger partial charge < -0.3 is 10.2 Å². The quantitative estimate of drug-likeness (QED) is 0.303. The van der Waals surface area contributed by atoms with Crippen molar-refractivity contribution in [3.05, 3.63) is 12.2 Å². The van der Waals surface area contributed by atoms with Crippen LogP contribution in [0.25, 0.3) is 0 Å². The fourth-order valence-electron chi connectivity index (χ4n) is 6.27. The predicted octanol–water partition coefficient (Wildman–Crippen LogP) is 6.52. The number of halogens is 6. The number of carbonyl (C=O) groups is 1. The lowest BCUT2D eigenvalue weighted by molar-refractivity contribution is -0.347. The summed E-state index contributed by atoms with van der Waals surface area (Å²) < 4.78 is 78.6. The Hall–Kier alpha value is -1.09. The zero-order valence-corrected chi connectivity index (χ0v) is 19.7. The first-order valence-electron chi connectivity index (χ1n) is 11.6. The van der Waals surface area contributed by atoms with Gasteiger partial charge in [-0.3, -0.25) is 4.79 Å². The first kappa shape index (κ1) is 28.1. The number of alkyl halides is 6. The van der Waals surface area contributed by atoms with Crippen molar-refractivity contribution in [1.29, 1.82) is 0 Å². The smallest absolute Gasteiger partial charge is 0.390 e. The highest BCUT2D eigenvalue weighted by Gasteiger charge is 2.69. The molecule has 0 radical (unpaired) electrons. The Morgan fingerprint density at radius 2 is 1.58 bits per heavy atom. The van der Waals surface area contributed by atoms with Gasteiger partial charge >= 0.3 is 12.4 Å². The van der Waals surface area contributed by atoms with E-state index < -0.39 is 29.0 Å². The highest BCUT2D eigenvalue weighted by molar-refractivity contribution is 5.83. The first-order valence-corrected chi connectivity index (χ1v) is 11.6. The number of fused-ring (bicyclic) bond motifs is 1. The third kappa shape index (κ3) is 5.77. The zero-order chi connectivity index (χ0) is 25.5. The van der Waals surface area contributed by atoms with Gasteiger partial charge in [0.05, 0.1) is 5.60 Å². The molecule has 0 unspecified atom stereocenters. The van der Waals surface area contributed by atoms with Crippen LogP contribution in [-0.4, -0.2) is 39.6 Å². The van der Waals surface area contributed by atoms with Crippen molar-refractivity contribution in [2.75, 3.05) is 0 Å². The summed E-state index contributed by atoms with van der Waals surface area (Å²) in [6.07, 6.45) is -6.52. The average molecular weight is 487 g/mol. The molecule has 2 N–H and O–H groups in total. The molecular weight excluding hydrogens is 450 g/mol. The highest BCUT2D eigenvalue weighted by atomic mass is 19.4. The average Bonchev–Trinajstić information content (AvgIpc) is 2.97. The van der Waals surface area contributed by atoms with Gasteiger partial charge in [0, 0.05) is 12.3 Å². The number of ketones is 1. The molecule has 33 heavy (non-hydrogen) atoms.